The Morgan fingerprint density at radius 1 is 1.12 bits per heavy atom. The molecule has 0 radical (unpaired) electrons. The van der Waals surface area contributed by atoms with Gasteiger partial charge in [0.2, 0.25) is 15.9 Å². The minimum Gasteiger partial charge on any atom is -0.355 e. The second kappa shape index (κ2) is 9.52. The van der Waals surface area contributed by atoms with Crippen molar-refractivity contribution in [3.05, 3.63) is 76.2 Å². The number of halogens is 1. The molecular formula is C19H21ClN2O3S. The number of likely N-dealkylation sites (N-methyl/N-ethyl adjacent to an activating group) is 1. The van der Waals surface area contributed by atoms with Crippen molar-refractivity contribution < 1.29 is 13.2 Å². The van der Waals surface area contributed by atoms with Gasteiger partial charge in [-0.25, -0.2) is 8.42 Å². The van der Waals surface area contributed by atoms with Gasteiger partial charge in [-0.2, -0.15) is 4.31 Å². The van der Waals surface area contributed by atoms with Gasteiger partial charge >= 0.3 is 0 Å². The molecule has 0 aromatic heterocycles. The summed E-state index contributed by atoms with van der Waals surface area (Å²) in [6.45, 7) is 0.191. The molecule has 0 unspecified atom stereocenters. The summed E-state index contributed by atoms with van der Waals surface area (Å²) in [5, 5.41) is 4.48. The standard InChI is InChI=1S/C19H21ClN2O3S/c1-22(26(24,25)14-12-16-5-3-2-4-6-16)15-19(23)21-13-11-17-7-9-18(20)10-8-17/h2-10,12,14H,11,13,15H2,1H3,(H,21,23)/b14-12+. The zero-order valence-electron chi connectivity index (χ0n) is 14.4. The van der Waals surface area contributed by atoms with E-state index < -0.39 is 10.0 Å². The Kier molecular flexibility index (Phi) is 7.38. The van der Waals surface area contributed by atoms with Crippen LogP contribution in [0.4, 0.5) is 0 Å². The van der Waals surface area contributed by atoms with Crippen LogP contribution in [0.5, 0.6) is 0 Å². The molecular weight excluding hydrogens is 372 g/mol. The number of hydrogen-bond acceptors (Lipinski definition) is 3. The van der Waals surface area contributed by atoms with Crippen molar-refractivity contribution in [1.29, 1.82) is 0 Å². The van der Waals surface area contributed by atoms with E-state index in [2.05, 4.69) is 5.32 Å². The first-order valence-electron chi connectivity index (χ1n) is 8.07. The van der Waals surface area contributed by atoms with Crippen molar-refractivity contribution in [2.45, 2.75) is 6.42 Å². The van der Waals surface area contributed by atoms with Gasteiger partial charge < -0.3 is 5.32 Å². The van der Waals surface area contributed by atoms with E-state index in [0.29, 0.717) is 18.0 Å². The predicted octanol–water partition coefficient (Wildman–Crippen LogP) is 2.93. The Morgan fingerprint density at radius 3 is 2.42 bits per heavy atom. The highest BCUT2D eigenvalue weighted by atomic mass is 35.5. The van der Waals surface area contributed by atoms with Crippen molar-refractivity contribution in [3.8, 4) is 0 Å². The average Bonchev–Trinajstić information content (AvgIpc) is 2.62. The molecule has 0 saturated carbocycles. The van der Waals surface area contributed by atoms with Gasteiger partial charge in [0.05, 0.1) is 6.54 Å². The van der Waals surface area contributed by atoms with Crippen LogP contribution in [0, 0.1) is 0 Å². The lowest BCUT2D eigenvalue weighted by Crippen LogP contribution is -2.38. The molecule has 7 heteroatoms. The van der Waals surface area contributed by atoms with Gasteiger partial charge in [0, 0.05) is 24.0 Å². The molecule has 0 saturated heterocycles. The lowest BCUT2D eigenvalue weighted by molar-refractivity contribution is -0.121. The molecule has 0 aliphatic carbocycles. The summed E-state index contributed by atoms with van der Waals surface area (Å²) < 4.78 is 25.4. The fraction of sp³-hybridized carbons (Fsp3) is 0.211. The number of sulfonamides is 1. The van der Waals surface area contributed by atoms with Gasteiger partial charge in [-0.3, -0.25) is 4.79 Å². The first-order valence-corrected chi connectivity index (χ1v) is 9.95. The number of carbonyl (C=O) groups is 1. The molecule has 5 nitrogen and oxygen atoms in total. The molecule has 0 atom stereocenters. The smallest absolute Gasteiger partial charge is 0.236 e. The summed E-state index contributed by atoms with van der Waals surface area (Å²) in [6.07, 6.45) is 2.15. The van der Waals surface area contributed by atoms with E-state index in [1.54, 1.807) is 24.3 Å². The Morgan fingerprint density at radius 2 is 1.77 bits per heavy atom. The number of carbonyl (C=O) groups excluding carboxylic acids is 1. The van der Waals surface area contributed by atoms with Crippen molar-refractivity contribution in [2.24, 2.45) is 0 Å². The third-order valence-electron chi connectivity index (χ3n) is 3.68. The first-order chi connectivity index (χ1) is 12.4. The molecule has 1 N–H and O–H groups in total. The fourth-order valence-corrected chi connectivity index (χ4v) is 3.14. The van der Waals surface area contributed by atoms with Crippen LogP contribution < -0.4 is 5.32 Å². The van der Waals surface area contributed by atoms with Crippen molar-refractivity contribution >= 4 is 33.6 Å². The molecule has 0 heterocycles. The molecule has 1 amide bonds. The molecule has 138 valence electrons. The quantitative estimate of drug-likeness (QED) is 0.751. The summed E-state index contributed by atoms with van der Waals surface area (Å²) in [6, 6.07) is 16.5. The molecule has 0 spiro atoms. The van der Waals surface area contributed by atoms with Crippen molar-refractivity contribution in [2.75, 3.05) is 20.1 Å². The van der Waals surface area contributed by atoms with E-state index in [-0.39, 0.29) is 12.5 Å². The molecule has 0 aliphatic heterocycles. The topological polar surface area (TPSA) is 66.5 Å². The summed E-state index contributed by atoms with van der Waals surface area (Å²) in [7, 11) is -2.28. The molecule has 26 heavy (non-hydrogen) atoms. The van der Waals surface area contributed by atoms with Crippen LogP contribution in [-0.2, 0) is 21.2 Å². The molecule has 2 aromatic rings. The number of nitrogens with zero attached hydrogens (tertiary/aromatic N) is 1. The van der Waals surface area contributed by atoms with Crippen LogP contribution in [0.15, 0.2) is 60.0 Å². The minimum atomic E-state index is -3.66. The average molecular weight is 393 g/mol. The number of benzene rings is 2. The summed E-state index contributed by atoms with van der Waals surface area (Å²) in [5.41, 5.74) is 1.82. The molecule has 2 rings (SSSR count). The largest absolute Gasteiger partial charge is 0.355 e. The number of nitrogens with one attached hydrogen (secondary N) is 1. The first kappa shape index (κ1) is 20.2. The van der Waals surface area contributed by atoms with Crippen LogP contribution in [0.2, 0.25) is 5.02 Å². The SMILES string of the molecule is CN(CC(=O)NCCc1ccc(Cl)cc1)S(=O)(=O)/C=C/c1ccccc1. The molecule has 0 fully saturated rings. The highest BCUT2D eigenvalue weighted by Gasteiger charge is 2.17. The monoisotopic (exact) mass is 392 g/mol. The van der Waals surface area contributed by atoms with Crippen molar-refractivity contribution in [3.63, 3.8) is 0 Å². The lowest BCUT2D eigenvalue weighted by atomic mass is 10.1. The van der Waals surface area contributed by atoms with Gasteiger partial charge in [0.1, 0.15) is 0 Å². The highest BCUT2D eigenvalue weighted by Crippen LogP contribution is 2.09. The third kappa shape index (κ3) is 6.63. The van der Waals surface area contributed by atoms with Gasteiger partial charge in [-0.05, 0) is 35.8 Å². The van der Waals surface area contributed by atoms with Gasteiger partial charge in [0.15, 0.2) is 0 Å². The predicted molar refractivity (Wildman–Crippen MR) is 105 cm³/mol. The van der Waals surface area contributed by atoms with Crippen LogP contribution in [-0.4, -0.2) is 38.8 Å². The van der Waals surface area contributed by atoms with E-state index in [1.165, 1.54) is 13.1 Å². The van der Waals surface area contributed by atoms with E-state index in [1.807, 2.05) is 30.3 Å². The maximum atomic E-state index is 12.2. The van der Waals surface area contributed by atoms with Gasteiger partial charge in [0.25, 0.3) is 0 Å². The number of rotatable bonds is 8. The normalized spacial score (nSPS) is 11.8. The Hall–Kier alpha value is -2.15. The third-order valence-corrected chi connectivity index (χ3v) is 5.41. The van der Waals surface area contributed by atoms with Crippen LogP contribution in [0.25, 0.3) is 6.08 Å². The Balaban J connectivity index is 1.81. The van der Waals surface area contributed by atoms with Crippen molar-refractivity contribution in [1.82, 2.24) is 9.62 Å². The van der Waals surface area contributed by atoms with Gasteiger partial charge in [-0.1, -0.05) is 54.1 Å². The number of hydrogen-bond donors (Lipinski definition) is 1. The molecule has 0 bridgehead atoms. The summed E-state index contributed by atoms with van der Waals surface area (Å²) in [4.78, 5) is 12.0. The lowest BCUT2D eigenvalue weighted by Gasteiger charge is -2.14. The number of amides is 1. The van der Waals surface area contributed by atoms with E-state index in [0.717, 1.165) is 20.8 Å². The van der Waals surface area contributed by atoms with Crippen LogP contribution >= 0.6 is 11.6 Å². The maximum Gasteiger partial charge on any atom is 0.236 e. The second-order valence-electron chi connectivity index (χ2n) is 5.74. The van der Waals surface area contributed by atoms with Gasteiger partial charge in [-0.15, -0.1) is 0 Å². The van der Waals surface area contributed by atoms with E-state index in [9.17, 15) is 13.2 Å². The zero-order chi connectivity index (χ0) is 19.0. The second-order valence-corrected chi connectivity index (χ2v) is 8.10. The summed E-state index contributed by atoms with van der Waals surface area (Å²) >= 11 is 5.82. The van der Waals surface area contributed by atoms with Crippen LogP contribution in [0.3, 0.4) is 0 Å². The molecule has 2 aromatic carbocycles. The summed E-state index contributed by atoms with van der Waals surface area (Å²) in [5.74, 6) is -0.349. The zero-order valence-corrected chi connectivity index (χ0v) is 16.0. The molecule has 0 aliphatic rings. The fourth-order valence-electron chi connectivity index (χ4n) is 2.18. The Bertz CT molecular complexity index is 850. The maximum absolute atomic E-state index is 12.2. The Labute approximate surface area is 159 Å². The highest BCUT2D eigenvalue weighted by molar-refractivity contribution is 7.92. The van der Waals surface area contributed by atoms with E-state index >= 15 is 0 Å². The minimum absolute atomic E-state index is 0.234. The van der Waals surface area contributed by atoms with E-state index in [4.69, 9.17) is 11.6 Å². The van der Waals surface area contributed by atoms with Crippen LogP contribution in [0.1, 0.15) is 11.1 Å².